The van der Waals surface area contributed by atoms with E-state index < -0.39 is 0 Å². The molecule has 3 nitrogen and oxygen atoms in total. The van der Waals surface area contributed by atoms with Gasteiger partial charge in [0.2, 0.25) is 0 Å². The van der Waals surface area contributed by atoms with Gasteiger partial charge in [0.25, 0.3) is 0 Å². The molecule has 1 aromatic rings. The van der Waals surface area contributed by atoms with Crippen molar-refractivity contribution >= 4 is 15.9 Å². The molecule has 2 atom stereocenters. The van der Waals surface area contributed by atoms with Gasteiger partial charge in [-0.3, -0.25) is 4.90 Å². The van der Waals surface area contributed by atoms with Crippen molar-refractivity contribution in [1.29, 1.82) is 0 Å². The van der Waals surface area contributed by atoms with E-state index in [1.807, 2.05) is 6.07 Å². The van der Waals surface area contributed by atoms with Gasteiger partial charge >= 0.3 is 0 Å². The van der Waals surface area contributed by atoms with Crippen LogP contribution in [-0.4, -0.2) is 24.0 Å². The van der Waals surface area contributed by atoms with Crippen molar-refractivity contribution in [2.24, 2.45) is 5.73 Å². The maximum Gasteiger partial charge on any atom is 0.136 e. The first-order chi connectivity index (χ1) is 8.24. The van der Waals surface area contributed by atoms with Crippen LogP contribution >= 0.6 is 15.9 Å². The molecule has 4 heteroatoms. The van der Waals surface area contributed by atoms with Crippen LogP contribution in [0, 0.1) is 0 Å². The molecule has 0 bridgehead atoms. The average Bonchev–Trinajstić information content (AvgIpc) is 2.61. The Morgan fingerprint density at radius 2 is 2.35 bits per heavy atom. The Morgan fingerprint density at radius 3 is 3.00 bits per heavy atom. The summed E-state index contributed by atoms with van der Waals surface area (Å²) in [5.74, 6) is 0.973. The highest BCUT2D eigenvalue weighted by Gasteiger charge is 2.28. The van der Waals surface area contributed by atoms with Crippen LogP contribution in [0.4, 0.5) is 0 Å². The molecule has 0 aromatic carbocycles. The molecule has 2 heterocycles. The molecule has 2 rings (SSSR count). The standard InChI is InChI=1S/C13H21BrN2O/c1-10-5-3-2-4-7-16(10)12(9-15)13-11(14)6-8-17-13/h6,8,10,12H,2-5,7,9,15H2,1H3. The van der Waals surface area contributed by atoms with Crippen molar-refractivity contribution in [3.8, 4) is 0 Å². The molecule has 96 valence electrons. The third kappa shape index (κ3) is 2.92. The molecule has 1 aliphatic rings. The molecule has 0 amide bonds. The number of furan rings is 1. The molecule has 0 aliphatic carbocycles. The summed E-state index contributed by atoms with van der Waals surface area (Å²) in [6.07, 6.45) is 6.91. The predicted octanol–water partition coefficient (Wildman–Crippen LogP) is 3.31. The highest BCUT2D eigenvalue weighted by atomic mass is 79.9. The van der Waals surface area contributed by atoms with E-state index in [0.29, 0.717) is 12.6 Å². The summed E-state index contributed by atoms with van der Waals surface area (Å²) in [5, 5.41) is 0. The summed E-state index contributed by atoms with van der Waals surface area (Å²) in [7, 11) is 0. The zero-order chi connectivity index (χ0) is 12.3. The molecule has 17 heavy (non-hydrogen) atoms. The molecule has 2 unspecified atom stereocenters. The first kappa shape index (κ1) is 13.1. The minimum absolute atomic E-state index is 0.201. The van der Waals surface area contributed by atoms with Gasteiger partial charge in [0.15, 0.2) is 0 Å². The zero-order valence-corrected chi connectivity index (χ0v) is 11.9. The largest absolute Gasteiger partial charge is 0.466 e. The molecule has 0 radical (unpaired) electrons. The van der Waals surface area contributed by atoms with Crippen LogP contribution in [0.2, 0.25) is 0 Å². The first-order valence-corrected chi connectivity index (χ1v) is 7.22. The van der Waals surface area contributed by atoms with E-state index in [1.54, 1.807) is 6.26 Å². The van der Waals surface area contributed by atoms with Gasteiger partial charge in [-0.25, -0.2) is 0 Å². The lowest BCUT2D eigenvalue weighted by Crippen LogP contribution is -2.39. The van der Waals surface area contributed by atoms with Crippen molar-refractivity contribution in [3.63, 3.8) is 0 Å². The molecule has 0 saturated carbocycles. The second-order valence-electron chi connectivity index (χ2n) is 4.82. The van der Waals surface area contributed by atoms with Gasteiger partial charge in [-0.1, -0.05) is 12.8 Å². The van der Waals surface area contributed by atoms with Crippen molar-refractivity contribution in [3.05, 3.63) is 22.6 Å². The number of halogens is 1. The van der Waals surface area contributed by atoms with Gasteiger partial charge in [0, 0.05) is 12.6 Å². The molecule has 1 fully saturated rings. The lowest BCUT2D eigenvalue weighted by molar-refractivity contribution is 0.133. The Morgan fingerprint density at radius 1 is 1.53 bits per heavy atom. The fourth-order valence-corrected chi connectivity index (χ4v) is 3.16. The van der Waals surface area contributed by atoms with Crippen LogP contribution in [0.15, 0.2) is 21.2 Å². The van der Waals surface area contributed by atoms with Crippen molar-refractivity contribution in [1.82, 2.24) is 4.90 Å². The van der Waals surface area contributed by atoms with Crippen LogP contribution in [0.1, 0.15) is 44.4 Å². The third-order valence-corrected chi connectivity index (χ3v) is 4.33. The fraction of sp³-hybridized carbons (Fsp3) is 0.692. The van der Waals surface area contributed by atoms with Gasteiger partial charge < -0.3 is 10.2 Å². The van der Waals surface area contributed by atoms with Crippen molar-refractivity contribution < 1.29 is 4.42 Å². The Hall–Kier alpha value is -0.320. The van der Waals surface area contributed by atoms with Gasteiger partial charge in [0.1, 0.15) is 5.76 Å². The summed E-state index contributed by atoms with van der Waals surface area (Å²) in [4.78, 5) is 2.50. The van der Waals surface area contributed by atoms with Crippen LogP contribution in [0.5, 0.6) is 0 Å². The van der Waals surface area contributed by atoms with Gasteiger partial charge in [0.05, 0.1) is 16.8 Å². The highest BCUT2D eigenvalue weighted by molar-refractivity contribution is 9.10. The monoisotopic (exact) mass is 300 g/mol. The maximum absolute atomic E-state index is 5.95. The van der Waals surface area contributed by atoms with Crippen molar-refractivity contribution in [2.75, 3.05) is 13.1 Å². The maximum atomic E-state index is 5.95. The van der Waals surface area contributed by atoms with E-state index in [4.69, 9.17) is 10.2 Å². The van der Waals surface area contributed by atoms with E-state index >= 15 is 0 Å². The molecule has 1 aromatic heterocycles. The molecule has 1 saturated heterocycles. The Balaban J connectivity index is 2.19. The van der Waals surface area contributed by atoms with E-state index in [-0.39, 0.29) is 6.04 Å². The molecular weight excluding hydrogens is 280 g/mol. The SMILES string of the molecule is CC1CCCCCN1C(CN)c1occc1Br. The quantitative estimate of drug-likeness (QED) is 0.931. The minimum atomic E-state index is 0.201. The summed E-state index contributed by atoms with van der Waals surface area (Å²) in [5.41, 5.74) is 5.95. The van der Waals surface area contributed by atoms with Crippen LogP contribution in [0.25, 0.3) is 0 Å². The van der Waals surface area contributed by atoms with Gasteiger partial charge in [-0.15, -0.1) is 0 Å². The fourth-order valence-electron chi connectivity index (χ4n) is 2.70. The lowest BCUT2D eigenvalue weighted by atomic mass is 10.1. The lowest BCUT2D eigenvalue weighted by Gasteiger charge is -2.33. The first-order valence-electron chi connectivity index (χ1n) is 6.42. The molecule has 2 N–H and O–H groups in total. The number of hydrogen-bond donors (Lipinski definition) is 1. The smallest absolute Gasteiger partial charge is 0.136 e. The Kier molecular flexibility index (Phi) is 4.65. The van der Waals surface area contributed by atoms with Crippen LogP contribution < -0.4 is 5.73 Å². The average molecular weight is 301 g/mol. The van der Waals surface area contributed by atoms with E-state index in [2.05, 4.69) is 27.8 Å². The van der Waals surface area contributed by atoms with Crippen molar-refractivity contribution in [2.45, 2.75) is 44.7 Å². The summed E-state index contributed by atoms with van der Waals surface area (Å²) >= 11 is 3.54. The van der Waals surface area contributed by atoms with E-state index in [9.17, 15) is 0 Å². The molecule has 1 aliphatic heterocycles. The third-order valence-electron chi connectivity index (χ3n) is 3.68. The normalized spacial score (nSPS) is 24.5. The second-order valence-corrected chi connectivity index (χ2v) is 5.67. The van der Waals surface area contributed by atoms with Gasteiger partial charge in [-0.05, 0) is 48.3 Å². The highest BCUT2D eigenvalue weighted by Crippen LogP contribution is 2.32. The second kappa shape index (κ2) is 6.03. The number of hydrogen-bond acceptors (Lipinski definition) is 3. The topological polar surface area (TPSA) is 42.4 Å². The van der Waals surface area contributed by atoms with Crippen LogP contribution in [-0.2, 0) is 0 Å². The van der Waals surface area contributed by atoms with Crippen LogP contribution in [0.3, 0.4) is 0 Å². The zero-order valence-electron chi connectivity index (χ0n) is 10.4. The number of nitrogens with zero attached hydrogens (tertiary/aromatic N) is 1. The predicted molar refractivity (Wildman–Crippen MR) is 72.8 cm³/mol. The Labute approximate surface area is 111 Å². The van der Waals surface area contributed by atoms with E-state index in [1.165, 1.54) is 25.7 Å². The molecular formula is C13H21BrN2O. The summed E-state index contributed by atoms with van der Waals surface area (Å²) in [6, 6.07) is 2.73. The minimum Gasteiger partial charge on any atom is -0.466 e. The Bertz CT molecular complexity index is 353. The number of likely N-dealkylation sites (tertiary alicyclic amines) is 1. The summed E-state index contributed by atoms with van der Waals surface area (Å²) < 4.78 is 6.62. The molecule has 0 spiro atoms. The number of rotatable bonds is 3. The summed E-state index contributed by atoms with van der Waals surface area (Å²) in [6.45, 7) is 4.03. The van der Waals surface area contributed by atoms with Gasteiger partial charge in [-0.2, -0.15) is 0 Å². The van der Waals surface area contributed by atoms with E-state index in [0.717, 1.165) is 16.8 Å². The number of nitrogens with two attached hydrogens (primary N) is 1.